The lowest BCUT2D eigenvalue weighted by atomic mass is 9.95. The minimum Gasteiger partial charge on any atom is -0.335 e. The summed E-state index contributed by atoms with van der Waals surface area (Å²) in [4.78, 5) is 18.6. The van der Waals surface area contributed by atoms with Crippen molar-refractivity contribution in [2.45, 2.75) is 63.5 Å². The zero-order valence-corrected chi connectivity index (χ0v) is 16.0. The van der Waals surface area contributed by atoms with Crippen molar-refractivity contribution >= 4 is 6.03 Å². The molecule has 3 heterocycles. The second kappa shape index (κ2) is 8.10. The Labute approximate surface area is 160 Å². The van der Waals surface area contributed by atoms with Gasteiger partial charge in [-0.15, -0.1) is 10.2 Å². The molecular formula is C19H29N7O. The molecule has 0 spiro atoms. The molecule has 0 unspecified atom stereocenters. The molecule has 2 aliphatic rings. The molecule has 1 saturated heterocycles. The summed E-state index contributed by atoms with van der Waals surface area (Å²) in [5.74, 6) is 2.32. The number of urea groups is 1. The minimum absolute atomic E-state index is 0.110. The van der Waals surface area contributed by atoms with Gasteiger partial charge in [-0.1, -0.05) is 19.3 Å². The van der Waals surface area contributed by atoms with E-state index in [2.05, 4.69) is 25.1 Å². The van der Waals surface area contributed by atoms with Crippen LogP contribution < -0.4 is 5.32 Å². The van der Waals surface area contributed by atoms with E-state index >= 15 is 0 Å². The predicted octanol–water partition coefficient (Wildman–Crippen LogP) is 2.28. The molecule has 1 N–H and O–H groups in total. The van der Waals surface area contributed by atoms with Crippen LogP contribution in [0.2, 0.25) is 0 Å². The third-order valence-electron chi connectivity index (χ3n) is 5.96. The highest BCUT2D eigenvalue weighted by Gasteiger charge is 2.28. The standard InChI is InChI=1S/C19H29N7O/c1-24-17(13-25-12-9-20-14-25)22-23-18(24)15-7-10-26(11-8-15)19(27)21-16-5-3-2-4-6-16/h9,12,14-16H,2-8,10-11,13H2,1H3,(H,21,27). The van der Waals surface area contributed by atoms with Gasteiger partial charge in [-0.25, -0.2) is 9.78 Å². The van der Waals surface area contributed by atoms with E-state index in [0.717, 1.165) is 50.4 Å². The molecule has 2 aromatic heterocycles. The van der Waals surface area contributed by atoms with E-state index in [4.69, 9.17) is 0 Å². The number of nitrogens with zero attached hydrogens (tertiary/aromatic N) is 6. The first-order chi connectivity index (χ1) is 13.2. The highest BCUT2D eigenvalue weighted by atomic mass is 16.2. The van der Waals surface area contributed by atoms with Gasteiger partial charge in [0.25, 0.3) is 0 Å². The Kier molecular flexibility index (Phi) is 5.40. The lowest BCUT2D eigenvalue weighted by Gasteiger charge is -2.33. The fraction of sp³-hybridized carbons (Fsp3) is 0.684. The molecule has 27 heavy (non-hydrogen) atoms. The number of likely N-dealkylation sites (tertiary alicyclic amines) is 1. The molecule has 1 aliphatic carbocycles. The van der Waals surface area contributed by atoms with E-state index in [9.17, 15) is 4.79 Å². The van der Waals surface area contributed by atoms with Crippen molar-refractivity contribution in [2.24, 2.45) is 7.05 Å². The van der Waals surface area contributed by atoms with Crippen molar-refractivity contribution in [1.82, 2.24) is 34.5 Å². The van der Waals surface area contributed by atoms with E-state index in [0.29, 0.717) is 18.5 Å². The Hall–Kier alpha value is -2.38. The second-order valence-electron chi connectivity index (χ2n) is 7.81. The smallest absolute Gasteiger partial charge is 0.317 e. The van der Waals surface area contributed by atoms with Crippen molar-refractivity contribution in [1.29, 1.82) is 0 Å². The SMILES string of the molecule is Cn1c(Cn2ccnc2)nnc1C1CCN(C(=O)NC2CCCCC2)CC1. The molecule has 8 heteroatoms. The summed E-state index contributed by atoms with van der Waals surface area (Å²) in [7, 11) is 2.03. The number of carbonyl (C=O) groups excluding carboxylic acids is 1. The lowest BCUT2D eigenvalue weighted by molar-refractivity contribution is 0.173. The number of hydrogen-bond acceptors (Lipinski definition) is 4. The van der Waals surface area contributed by atoms with Crippen LogP contribution in [0.15, 0.2) is 18.7 Å². The Balaban J connectivity index is 1.31. The quantitative estimate of drug-likeness (QED) is 0.894. The normalized spacial score (nSPS) is 19.4. The maximum atomic E-state index is 12.5. The average Bonchev–Trinajstić information content (AvgIpc) is 3.34. The van der Waals surface area contributed by atoms with Gasteiger partial charge in [-0.05, 0) is 25.7 Å². The number of amides is 2. The fourth-order valence-electron chi connectivity index (χ4n) is 4.27. The summed E-state index contributed by atoms with van der Waals surface area (Å²) >= 11 is 0. The zero-order chi connectivity index (χ0) is 18.6. The number of nitrogens with one attached hydrogen (secondary N) is 1. The Morgan fingerprint density at radius 2 is 1.93 bits per heavy atom. The zero-order valence-electron chi connectivity index (χ0n) is 16.0. The molecular weight excluding hydrogens is 342 g/mol. The minimum atomic E-state index is 0.110. The van der Waals surface area contributed by atoms with Crippen LogP contribution in [0.1, 0.15) is 62.5 Å². The highest BCUT2D eigenvalue weighted by Crippen LogP contribution is 2.27. The number of aromatic nitrogens is 5. The van der Waals surface area contributed by atoms with Crippen molar-refractivity contribution in [2.75, 3.05) is 13.1 Å². The van der Waals surface area contributed by atoms with Gasteiger partial charge in [0, 0.05) is 44.5 Å². The summed E-state index contributed by atoms with van der Waals surface area (Å²) in [6.45, 7) is 2.24. The molecule has 1 aliphatic heterocycles. The first-order valence-corrected chi connectivity index (χ1v) is 10.1. The maximum Gasteiger partial charge on any atom is 0.317 e. The molecule has 0 radical (unpaired) electrons. The van der Waals surface area contributed by atoms with Gasteiger partial charge in [0.05, 0.1) is 12.9 Å². The largest absolute Gasteiger partial charge is 0.335 e. The van der Waals surface area contributed by atoms with Gasteiger partial charge in [0.1, 0.15) is 5.82 Å². The number of imidazole rings is 1. The molecule has 1 saturated carbocycles. The number of piperidine rings is 1. The van der Waals surface area contributed by atoms with Crippen LogP contribution in [-0.2, 0) is 13.6 Å². The lowest BCUT2D eigenvalue weighted by Crippen LogP contribution is -2.48. The van der Waals surface area contributed by atoms with E-state index in [1.807, 2.05) is 22.7 Å². The summed E-state index contributed by atoms with van der Waals surface area (Å²) < 4.78 is 4.09. The fourth-order valence-corrected chi connectivity index (χ4v) is 4.27. The first-order valence-electron chi connectivity index (χ1n) is 10.1. The molecule has 2 amide bonds. The molecule has 146 valence electrons. The second-order valence-corrected chi connectivity index (χ2v) is 7.81. The molecule has 0 aromatic carbocycles. The summed E-state index contributed by atoms with van der Waals surface area (Å²) in [6, 6.07) is 0.479. The molecule has 2 aromatic rings. The van der Waals surface area contributed by atoms with Crippen molar-refractivity contribution < 1.29 is 4.79 Å². The van der Waals surface area contributed by atoms with E-state index in [1.165, 1.54) is 19.3 Å². The van der Waals surface area contributed by atoms with Crippen molar-refractivity contribution in [3.63, 3.8) is 0 Å². The van der Waals surface area contributed by atoms with E-state index in [-0.39, 0.29) is 6.03 Å². The van der Waals surface area contributed by atoms with Crippen LogP contribution >= 0.6 is 0 Å². The molecule has 8 nitrogen and oxygen atoms in total. The maximum absolute atomic E-state index is 12.5. The van der Waals surface area contributed by atoms with Gasteiger partial charge >= 0.3 is 6.03 Å². The third kappa shape index (κ3) is 4.14. The molecule has 4 rings (SSSR count). The molecule has 2 fully saturated rings. The van der Waals surface area contributed by atoms with Crippen LogP contribution in [0.25, 0.3) is 0 Å². The van der Waals surface area contributed by atoms with Crippen LogP contribution in [0.5, 0.6) is 0 Å². The predicted molar refractivity (Wildman–Crippen MR) is 101 cm³/mol. The van der Waals surface area contributed by atoms with Crippen molar-refractivity contribution in [3.05, 3.63) is 30.4 Å². The van der Waals surface area contributed by atoms with Crippen molar-refractivity contribution in [3.8, 4) is 0 Å². The summed E-state index contributed by atoms with van der Waals surface area (Å²) in [5, 5.41) is 12.0. The van der Waals surface area contributed by atoms with Crippen LogP contribution in [0.4, 0.5) is 4.79 Å². The van der Waals surface area contributed by atoms with E-state index in [1.54, 1.807) is 12.5 Å². The Morgan fingerprint density at radius 1 is 1.15 bits per heavy atom. The van der Waals surface area contributed by atoms with Gasteiger partial charge < -0.3 is 19.4 Å². The highest BCUT2D eigenvalue weighted by molar-refractivity contribution is 5.74. The number of rotatable bonds is 4. The van der Waals surface area contributed by atoms with Gasteiger partial charge in [-0.3, -0.25) is 0 Å². The van der Waals surface area contributed by atoms with Crippen LogP contribution in [0, 0.1) is 0 Å². The Bertz CT molecular complexity index is 740. The molecule has 0 atom stereocenters. The van der Waals surface area contributed by atoms with Gasteiger partial charge in [-0.2, -0.15) is 0 Å². The van der Waals surface area contributed by atoms with E-state index < -0.39 is 0 Å². The molecule has 0 bridgehead atoms. The average molecular weight is 371 g/mol. The monoisotopic (exact) mass is 371 g/mol. The third-order valence-corrected chi connectivity index (χ3v) is 5.96. The summed E-state index contributed by atoms with van der Waals surface area (Å²) in [6.07, 6.45) is 13.4. The van der Waals surface area contributed by atoms with Crippen LogP contribution in [-0.4, -0.2) is 54.4 Å². The summed E-state index contributed by atoms with van der Waals surface area (Å²) in [5.41, 5.74) is 0. The number of hydrogen-bond donors (Lipinski definition) is 1. The topological polar surface area (TPSA) is 80.9 Å². The Morgan fingerprint density at radius 3 is 2.63 bits per heavy atom. The first kappa shape index (κ1) is 18.0. The number of carbonyl (C=O) groups is 1. The van der Waals surface area contributed by atoms with Gasteiger partial charge in [0.15, 0.2) is 5.82 Å². The van der Waals surface area contributed by atoms with Crippen LogP contribution in [0.3, 0.4) is 0 Å². The van der Waals surface area contributed by atoms with Gasteiger partial charge in [0.2, 0.25) is 0 Å².